The van der Waals surface area contributed by atoms with Crippen LogP contribution in [0.5, 0.6) is 5.75 Å². The third-order valence-electron chi connectivity index (χ3n) is 6.89. The number of aliphatic hydroxyl groups excluding tert-OH is 1. The maximum Gasteiger partial charge on any atom is 0.294 e. The van der Waals surface area contributed by atoms with E-state index in [2.05, 4.69) is 10.3 Å². The Morgan fingerprint density at radius 3 is 2.10 bits per heavy atom. The number of para-hydroxylation sites is 1. The number of nitrogens with zero attached hydrogens (tertiary/aromatic N) is 2. The van der Waals surface area contributed by atoms with Crippen molar-refractivity contribution in [3.63, 3.8) is 0 Å². The number of benzene rings is 4. The molecule has 0 spiro atoms. The predicted molar refractivity (Wildman–Crippen MR) is 161 cm³/mol. The van der Waals surface area contributed by atoms with Crippen LogP contribution >= 0.6 is 11.3 Å². The quantitative estimate of drug-likeness (QED) is 0.180. The van der Waals surface area contributed by atoms with Crippen molar-refractivity contribution in [3.8, 4) is 16.3 Å². The van der Waals surface area contributed by atoms with Crippen LogP contribution in [-0.2, 0) is 4.79 Å². The minimum Gasteiger partial charge on any atom is -0.508 e. The van der Waals surface area contributed by atoms with E-state index in [1.165, 1.54) is 28.4 Å². The Hall–Kier alpha value is -5.21. The average molecular weight is 560 g/mol. The van der Waals surface area contributed by atoms with Gasteiger partial charge in [0.15, 0.2) is 5.76 Å². The smallest absolute Gasteiger partial charge is 0.294 e. The van der Waals surface area contributed by atoms with Crippen LogP contribution in [0, 0.1) is 6.92 Å². The molecule has 0 aliphatic carbocycles. The summed E-state index contributed by atoms with van der Waals surface area (Å²) in [4.78, 5) is 34.0. The Morgan fingerprint density at radius 2 is 1.44 bits per heavy atom. The maximum atomic E-state index is 14.1. The van der Waals surface area contributed by atoms with E-state index in [1.807, 2.05) is 72.8 Å². The largest absolute Gasteiger partial charge is 0.508 e. The molecule has 0 bridgehead atoms. The molecule has 6 rings (SSSR count). The second kappa shape index (κ2) is 10.7. The van der Waals surface area contributed by atoms with Gasteiger partial charge in [-0.2, -0.15) is 0 Å². The topological polar surface area (TPSA) is 103 Å². The molecule has 0 saturated carbocycles. The molecule has 2 heterocycles. The Labute approximate surface area is 240 Å². The molecule has 1 aliphatic rings. The van der Waals surface area contributed by atoms with Gasteiger partial charge in [0.05, 0.1) is 22.2 Å². The van der Waals surface area contributed by atoms with Crippen molar-refractivity contribution in [2.45, 2.75) is 13.0 Å². The molecule has 1 unspecified atom stereocenters. The number of nitrogens with one attached hydrogen (secondary N) is 1. The van der Waals surface area contributed by atoms with E-state index in [9.17, 15) is 19.8 Å². The molecule has 41 heavy (non-hydrogen) atoms. The number of aliphatic hydroxyl groups is 1. The number of rotatable bonds is 7. The highest BCUT2D eigenvalue weighted by Gasteiger charge is 2.45. The Balaban J connectivity index is 1.39. The highest BCUT2D eigenvalue weighted by molar-refractivity contribution is 7.17. The summed E-state index contributed by atoms with van der Waals surface area (Å²) in [6.45, 7) is 1.75. The summed E-state index contributed by atoms with van der Waals surface area (Å²) in [6.07, 6.45) is 0. The number of hydrogen-bond acceptors (Lipinski definition) is 7. The fraction of sp³-hybridized carbons (Fsp3) is 0.0606. The standard InChI is InChI=1S/C33H25N3O4S/c1-20-31(41-32(34-20)22-8-4-2-5-9-22)29(38)27-28(21-12-18-26(37)19-13-21)36(33(40)30(27)39)25-16-14-24(15-17-25)35-23-10-6-3-7-11-23/h2-19,28,35,37,39H,1H3. The number of aromatic nitrogens is 1. The fourth-order valence-electron chi connectivity index (χ4n) is 4.90. The van der Waals surface area contributed by atoms with Crippen molar-refractivity contribution in [2.24, 2.45) is 0 Å². The number of Topliss-reactive ketones (excluding diaryl/α,β-unsaturated/α-hetero) is 1. The first-order valence-corrected chi connectivity index (χ1v) is 13.8. The van der Waals surface area contributed by atoms with Crippen molar-refractivity contribution >= 4 is 40.1 Å². The van der Waals surface area contributed by atoms with E-state index < -0.39 is 23.5 Å². The van der Waals surface area contributed by atoms with Gasteiger partial charge in [0.1, 0.15) is 10.8 Å². The van der Waals surface area contributed by atoms with Gasteiger partial charge in [-0.1, -0.05) is 60.7 Å². The summed E-state index contributed by atoms with van der Waals surface area (Å²) in [5.41, 5.74) is 4.18. The number of aryl methyl sites for hydroxylation is 1. The molecule has 1 aromatic heterocycles. The van der Waals surface area contributed by atoms with E-state index in [-0.39, 0.29) is 11.3 Å². The summed E-state index contributed by atoms with van der Waals surface area (Å²) < 4.78 is 0. The highest BCUT2D eigenvalue weighted by atomic mass is 32.1. The van der Waals surface area contributed by atoms with Crippen LogP contribution in [0.3, 0.4) is 0 Å². The molecule has 3 N–H and O–H groups in total. The summed E-state index contributed by atoms with van der Waals surface area (Å²) in [5, 5.41) is 25.1. The number of carbonyl (C=O) groups excluding carboxylic acids is 2. The van der Waals surface area contributed by atoms with E-state index in [1.54, 1.807) is 31.2 Å². The van der Waals surface area contributed by atoms with Crippen molar-refractivity contribution in [3.05, 3.63) is 137 Å². The molecule has 202 valence electrons. The molecule has 0 radical (unpaired) electrons. The molecular formula is C33H25N3O4S. The first-order valence-electron chi connectivity index (χ1n) is 13.0. The number of thiazole rings is 1. The summed E-state index contributed by atoms with van der Waals surface area (Å²) in [7, 11) is 0. The van der Waals surface area contributed by atoms with Gasteiger partial charge in [-0.25, -0.2) is 4.98 Å². The lowest BCUT2D eigenvalue weighted by molar-refractivity contribution is -0.117. The lowest BCUT2D eigenvalue weighted by atomic mass is 9.94. The lowest BCUT2D eigenvalue weighted by Gasteiger charge is -2.27. The van der Waals surface area contributed by atoms with Crippen molar-refractivity contribution in [1.29, 1.82) is 0 Å². The van der Waals surface area contributed by atoms with Crippen molar-refractivity contribution in [1.82, 2.24) is 4.98 Å². The first kappa shape index (κ1) is 26.0. The van der Waals surface area contributed by atoms with Gasteiger partial charge in [-0.3, -0.25) is 14.5 Å². The third kappa shape index (κ3) is 4.97. The van der Waals surface area contributed by atoms with E-state index >= 15 is 0 Å². The van der Waals surface area contributed by atoms with Gasteiger partial charge < -0.3 is 15.5 Å². The maximum absolute atomic E-state index is 14.1. The lowest BCUT2D eigenvalue weighted by Crippen LogP contribution is -2.31. The van der Waals surface area contributed by atoms with Crippen LogP contribution in [0.1, 0.15) is 27.0 Å². The number of aromatic hydroxyl groups is 1. The summed E-state index contributed by atoms with van der Waals surface area (Å²) in [6, 6.07) is 31.8. The molecule has 1 aliphatic heterocycles. The number of carbonyl (C=O) groups is 2. The van der Waals surface area contributed by atoms with E-state index in [4.69, 9.17) is 0 Å². The normalized spacial score (nSPS) is 14.9. The number of phenolic OH excluding ortho intramolecular Hbond substituents is 1. The molecule has 4 aromatic carbocycles. The summed E-state index contributed by atoms with van der Waals surface area (Å²) in [5.74, 6) is -1.70. The Bertz CT molecular complexity index is 1760. The molecule has 8 heteroatoms. The number of hydrogen-bond donors (Lipinski definition) is 3. The number of phenols is 1. The van der Waals surface area contributed by atoms with Crippen LogP contribution < -0.4 is 10.2 Å². The van der Waals surface area contributed by atoms with Crippen LogP contribution in [0.2, 0.25) is 0 Å². The minimum absolute atomic E-state index is 0.0291. The molecule has 0 saturated heterocycles. The van der Waals surface area contributed by atoms with Gasteiger partial charge in [0.2, 0.25) is 5.78 Å². The van der Waals surface area contributed by atoms with Gasteiger partial charge in [0, 0.05) is 22.6 Å². The second-order valence-electron chi connectivity index (χ2n) is 9.60. The van der Waals surface area contributed by atoms with Crippen molar-refractivity contribution < 1.29 is 19.8 Å². The molecule has 5 aromatic rings. The molecule has 1 atom stereocenters. The number of ketones is 1. The van der Waals surface area contributed by atoms with Gasteiger partial charge in [-0.05, 0) is 61.0 Å². The van der Waals surface area contributed by atoms with E-state index in [0.29, 0.717) is 26.8 Å². The van der Waals surface area contributed by atoms with E-state index in [0.717, 1.165) is 16.9 Å². The van der Waals surface area contributed by atoms with Crippen LogP contribution in [0.4, 0.5) is 17.1 Å². The minimum atomic E-state index is -0.912. The van der Waals surface area contributed by atoms with Crippen LogP contribution in [-0.4, -0.2) is 26.9 Å². The molecule has 0 fully saturated rings. The molecule has 1 amide bonds. The fourth-order valence-corrected chi connectivity index (χ4v) is 5.93. The molecular weight excluding hydrogens is 534 g/mol. The Kier molecular flexibility index (Phi) is 6.83. The number of anilines is 3. The zero-order valence-electron chi connectivity index (χ0n) is 22.0. The second-order valence-corrected chi connectivity index (χ2v) is 10.6. The molecule has 7 nitrogen and oxygen atoms in total. The van der Waals surface area contributed by atoms with Crippen LogP contribution in [0.25, 0.3) is 10.6 Å². The first-order chi connectivity index (χ1) is 19.9. The average Bonchev–Trinajstić information content (AvgIpc) is 3.51. The zero-order chi connectivity index (χ0) is 28.5. The zero-order valence-corrected chi connectivity index (χ0v) is 22.8. The summed E-state index contributed by atoms with van der Waals surface area (Å²) >= 11 is 1.23. The van der Waals surface area contributed by atoms with Gasteiger partial charge >= 0.3 is 0 Å². The van der Waals surface area contributed by atoms with Crippen LogP contribution in [0.15, 0.2) is 121 Å². The predicted octanol–water partition coefficient (Wildman–Crippen LogP) is 7.35. The van der Waals surface area contributed by atoms with Gasteiger partial charge in [-0.15, -0.1) is 11.3 Å². The Morgan fingerprint density at radius 1 is 0.829 bits per heavy atom. The highest BCUT2D eigenvalue weighted by Crippen LogP contribution is 2.44. The number of amides is 1. The SMILES string of the molecule is Cc1nc(-c2ccccc2)sc1C(=O)C1=C(O)C(=O)N(c2ccc(Nc3ccccc3)cc2)C1c1ccc(O)cc1. The van der Waals surface area contributed by atoms with Gasteiger partial charge in [0.25, 0.3) is 5.91 Å². The third-order valence-corrected chi connectivity index (χ3v) is 8.10. The van der Waals surface area contributed by atoms with Crippen molar-refractivity contribution in [2.75, 3.05) is 10.2 Å². The monoisotopic (exact) mass is 559 g/mol.